The van der Waals surface area contributed by atoms with Crippen molar-refractivity contribution in [2.24, 2.45) is 0 Å². The van der Waals surface area contributed by atoms with Gasteiger partial charge in [-0.3, -0.25) is 0 Å². The van der Waals surface area contributed by atoms with Crippen LogP contribution in [-0.4, -0.2) is 37.6 Å². The molecule has 0 bridgehead atoms. The maximum atomic E-state index is 3.41. The minimum absolute atomic E-state index is 0.632. The number of piperazine rings is 1. The molecule has 2 heteroatoms. The predicted molar refractivity (Wildman–Crippen MR) is 82.9 cm³/mol. The molecule has 0 atom stereocenters. The van der Waals surface area contributed by atoms with E-state index in [-0.39, 0.29) is 0 Å². The summed E-state index contributed by atoms with van der Waals surface area (Å²) in [6, 6.07) is 6.98. The summed E-state index contributed by atoms with van der Waals surface area (Å²) in [5, 5.41) is 3.41. The van der Waals surface area contributed by atoms with Crippen molar-refractivity contribution in [2.45, 2.75) is 39.5 Å². The zero-order chi connectivity index (χ0) is 13.7. The average molecular weight is 260 g/mol. The Bertz CT molecular complexity index is 392. The highest BCUT2D eigenvalue weighted by molar-refractivity contribution is 5.32. The van der Waals surface area contributed by atoms with Crippen molar-refractivity contribution in [1.29, 1.82) is 0 Å². The Balaban J connectivity index is 1.86. The van der Waals surface area contributed by atoms with Gasteiger partial charge in [0.2, 0.25) is 0 Å². The van der Waals surface area contributed by atoms with Crippen LogP contribution in [0, 0.1) is 6.92 Å². The Labute approximate surface area is 118 Å². The fourth-order valence-corrected chi connectivity index (χ4v) is 2.75. The second-order valence-electron chi connectivity index (χ2n) is 6.04. The summed E-state index contributed by atoms with van der Waals surface area (Å²) in [7, 11) is 0. The molecule has 2 rings (SSSR count). The molecule has 0 aromatic heterocycles. The van der Waals surface area contributed by atoms with Crippen molar-refractivity contribution < 1.29 is 0 Å². The summed E-state index contributed by atoms with van der Waals surface area (Å²) in [6.07, 6.45) is 2.50. The molecule has 1 aromatic rings. The Morgan fingerprint density at radius 2 is 1.95 bits per heavy atom. The minimum atomic E-state index is 0.632. The van der Waals surface area contributed by atoms with Crippen molar-refractivity contribution in [1.82, 2.24) is 10.2 Å². The monoisotopic (exact) mass is 260 g/mol. The van der Waals surface area contributed by atoms with E-state index in [1.54, 1.807) is 5.56 Å². The van der Waals surface area contributed by atoms with Gasteiger partial charge in [-0.25, -0.2) is 0 Å². The van der Waals surface area contributed by atoms with Gasteiger partial charge in [0.15, 0.2) is 0 Å². The van der Waals surface area contributed by atoms with E-state index < -0.39 is 0 Å². The lowest BCUT2D eigenvalue weighted by Crippen LogP contribution is -2.43. The third-order valence-corrected chi connectivity index (χ3v) is 4.17. The molecule has 1 aliphatic heterocycles. The molecular weight excluding hydrogens is 232 g/mol. The third kappa shape index (κ3) is 4.32. The van der Waals surface area contributed by atoms with Gasteiger partial charge in [-0.05, 0) is 48.9 Å². The van der Waals surface area contributed by atoms with Gasteiger partial charge in [-0.1, -0.05) is 32.0 Å². The zero-order valence-electron chi connectivity index (χ0n) is 12.7. The molecule has 106 valence electrons. The number of aryl methyl sites for hydroxylation is 2. The van der Waals surface area contributed by atoms with Gasteiger partial charge in [-0.2, -0.15) is 0 Å². The number of nitrogens with one attached hydrogen (secondary N) is 1. The molecule has 1 N–H and O–H groups in total. The lowest BCUT2D eigenvalue weighted by atomic mass is 9.95. The third-order valence-electron chi connectivity index (χ3n) is 4.17. The molecule has 0 amide bonds. The second-order valence-corrected chi connectivity index (χ2v) is 6.04. The van der Waals surface area contributed by atoms with Crippen molar-refractivity contribution in [2.75, 3.05) is 32.7 Å². The van der Waals surface area contributed by atoms with Gasteiger partial charge < -0.3 is 10.2 Å². The number of benzene rings is 1. The summed E-state index contributed by atoms with van der Waals surface area (Å²) in [4.78, 5) is 2.58. The largest absolute Gasteiger partial charge is 0.314 e. The van der Waals surface area contributed by atoms with Gasteiger partial charge in [0, 0.05) is 26.2 Å². The highest BCUT2D eigenvalue weighted by atomic mass is 15.2. The molecule has 0 saturated carbocycles. The standard InChI is InChI=1S/C17H28N2/c1-14(2)16-7-6-15(3)17(13-16)5-4-10-19-11-8-18-9-12-19/h6-7,13-14,18H,4-5,8-12H2,1-3H3. The van der Waals surface area contributed by atoms with Gasteiger partial charge >= 0.3 is 0 Å². The summed E-state index contributed by atoms with van der Waals surface area (Å²) < 4.78 is 0. The van der Waals surface area contributed by atoms with E-state index in [2.05, 4.69) is 49.2 Å². The predicted octanol–water partition coefficient (Wildman–Crippen LogP) is 2.96. The van der Waals surface area contributed by atoms with E-state index in [4.69, 9.17) is 0 Å². The smallest absolute Gasteiger partial charge is 0.0107 e. The summed E-state index contributed by atoms with van der Waals surface area (Å²) >= 11 is 0. The molecule has 0 radical (unpaired) electrons. The lowest BCUT2D eigenvalue weighted by Gasteiger charge is -2.27. The maximum absolute atomic E-state index is 3.41. The summed E-state index contributed by atoms with van der Waals surface area (Å²) in [5.41, 5.74) is 4.47. The van der Waals surface area contributed by atoms with Crippen LogP contribution in [0.5, 0.6) is 0 Å². The topological polar surface area (TPSA) is 15.3 Å². The Morgan fingerprint density at radius 1 is 1.21 bits per heavy atom. The van der Waals surface area contributed by atoms with Crippen molar-refractivity contribution in [3.05, 3.63) is 34.9 Å². The van der Waals surface area contributed by atoms with E-state index in [9.17, 15) is 0 Å². The first kappa shape index (κ1) is 14.5. The van der Waals surface area contributed by atoms with Crippen LogP contribution in [0.3, 0.4) is 0 Å². The van der Waals surface area contributed by atoms with Crippen LogP contribution < -0.4 is 5.32 Å². The zero-order valence-corrected chi connectivity index (χ0v) is 12.7. The number of hydrogen-bond donors (Lipinski definition) is 1. The quantitative estimate of drug-likeness (QED) is 0.875. The fraction of sp³-hybridized carbons (Fsp3) is 0.647. The second kappa shape index (κ2) is 7.06. The van der Waals surface area contributed by atoms with Crippen LogP contribution in [-0.2, 0) is 6.42 Å². The van der Waals surface area contributed by atoms with Crippen LogP contribution in [0.15, 0.2) is 18.2 Å². The maximum Gasteiger partial charge on any atom is 0.0107 e. The van der Waals surface area contributed by atoms with E-state index in [0.29, 0.717) is 5.92 Å². The van der Waals surface area contributed by atoms with Gasteiger partial charge in [0.25, 0.3) is 0 Å². The number of rotatable bonds is 5. The van der Waals surface area contributed by atoms with Crippen molar-refractivity contribution >= 4 is 0 Å². The van der Waals surface area contributed by atoms with Crippen LogP contribution in [0.1, 0.15) is 42.9 Å². The molecule has 0 unspecified atom stereocenters. The van der Waals surface area contributed by atoms with Gasteiger partial charge in [0.1, 0.15) is 0 Å². The van der Waals surface area contributed by atoms with Gasteiger partial charge in [-0.15, -0.1) is 0 Å². The highest BCUT2D eigenvalue weighted by Crippen LogP contribution is 2.19. The fourth-order valence-electron chi connectivity index (χ4n) is 2.75. The van der Waals surface area contributed by atoms with Gasteiger partial charge in [0.05, 0.1) is 0 Å². The van der Waals surface area contributed by atoms with Crippen molar-refractivity contribution in [3.63, 3.8) is 0 Å². The van der Waals surface area contributed by atoms with E-state index >= 15 is 0 Å². The Morgan fingerprint density at radius 3 is 2.63 bits per heavy atom. The van der Waals surface area contributed by atoms with Crippen LogP contribution in [0.25, 0.3) is 0 Å². The SMILES string of the molecule is Cc1ccc(C(C)C)cc1CCCN1CCNCC1. The van der Waals surface area contributed by atoms with E-state index in [1.807, 2.05) is 0 Å². The Kier molecular flexibility index (Phi) is 5.41. The molecule has 19 heavy (non-hydrogen) atoms. The number of hydrogen-bond acceptors (Lipinski definition) is 2. The molecule has 1 saturated heterocycles. The lowest BCUT2D eigenvalue weighted by molar-refractivity contribution is 0.238. The molecule has 1 heterocycles. The van der Waals surface area contributed by atoms with Crippen LogP contribution in [0.4, 0.5) is 0 Å². The van der Waals surface area contributed by atoms with Crippen molar-refractivity contribution in [3.8, 4) is 0 Å². The first-order valence-electron chi connectivity index (χ1n) is 7.69. The number of nitrogens with zero attached hydrogens (tertiary/aromatic N) is 1. The highest BCUT2D eigenvalue weighted by Gasteiger charge is 2.09. The Hall–Kier alpha value is -0.860. The van der Waals surface area contributed by atoms with E-state index in [0.717, 1.165) is 13.1 Å². The molecular formula is C17H28N2. The van der Waals surface area contributed by atoms with Crippen LogP contribution >= 0.6 is 0 Å². The minimum Gasteiger partial charge on any atom is -0.314 e. The van der Waals surface area contributed by atoms with Crippen LogP contribution in [0.2, 0.25) is 0 Å². The molecule has 0 spiro atoms. The average Bonchev–Trinajstić information content (AvgIpc) is 2.42. The molecule has 0 aliphatic carbocycles. The normalized spacial score (nSPS) is 17.1. The summed E-state index contributed by atoms with van der Waals surface area (Å²) in [5.74, 6) is 0.632. The molecule has 1 aromatic carbocycles. The molecule has 2 nitrogen and oxygen atoms in total. The first-order valence-corrected chi connectivity index (χ1v) is 7.69. The first-order chi connectivity index (χ1) is 9.16. The molecule has 1 fully saturated rings. The molecule has 1 aliphatic rings. The summed E-state index contributed by atoms with van der Waals surface area (Å²) in [6.45, 7) is 12.8. The van der Waals surface area contributed by atoms with E-state index in [1.165, 1.54) is 43.6 Å².